The maximum Gasteiger partial charge on any atom is 0.142 e. The van der Waals surface area contributed by atoms with E-state index in [1.165, 1.54) is 24.5 Å². The van der Waals surface area contributed by atoms with Gasteiger partial charge < -0.3 is 15.4 Å². The zero-order valence-electron chi connectivity index (χ0n) is 9.21. The molecule has 0 radical (unpaired) electrons. The number of aromatic hydroxyl groups is 1. The van der Waals surface area contributed by atoms with E-state index in [9.17, 15) is 9.50 Å². The Bertz CT molecular complexity index is 725. The van der Waals surface area contributed by atoms with Gasteiger partial charge in [0.2, 0.25) is 0 Å². The van der Waals surface area contributed by atoms with E-state index in [1.807, 2.05) is 0 Å². The van der Waals surface area contributed by atoms with Gasteiger partial charge in [-0.15, -0.1) is 0 Å². The van der Waals surface area contributed by atoms with Crippen LogP contribution in [0.4, 0.5) is 10.2 Å². The molecule has 90 valence electrons. The summed E-state index contributed by atoms with van der Waals surface area (Å²) in [4.78, 5) is 7.86. The lowest BCUT2D eigenvalue weighted by atomic mass is 10.1. The Labute approximate surface area is 101 Å². The number of aromatic nitrogens is 3. The fraction of sp³-hybridized carbons (Fsp3) is 0. The molecule has 0 aliphatic heterocycles. The molecule has 0 fully saturated rings. The van der Waals surface area contributed by atoms with Crippen LogP contribution in [-0.2, 0) is 0 Å². The third kappa shape index (κ3) is 1.46. The number of anilines is 1. The maximum absolute atomic E-state index is 13.9. The molecule has 2 heterocycles. The Morgan fingerprint density at radius 3 is 2.89 bits per heavy atom. The lowest BCUT2D eigenvalue weighted by molar-refractivity contribution is 0.479. The molecular weight excluding hydrogens is 235 g/mol. The average molecular weight is 244 g/mol. The fourth-order valence-electron chi connectivity index (χ4n) is 1.89. The summed E-state index contributed by atoms with van der Waals surface area (Å²) < 4.78 is 15.5. The van der Waals surface area contributed by atoms with Gasteiger partial charge in [0.15, 0.2) is 0 Å². The quantitative estimate of drug-likeness (QED) is 0.684. The number of pyridine rings is 1. The lowest BCUT2D eigenvalue weighted by Gasteiger charge is -2.10. The Kier molecular flexibility index (Phi) is 2.16. The van der Waals surface area contributed by atoms with Crippen LogP contribution in [0.3, 0.4) is 0 Å². The van der Waals surface area contributed by atoms with Crippen LogP contribution >= 0.6 is 0 Å². The van der Waals surface area contributed by atoms with E-state index in [0.29, 0.717) is 5.69 Å². The van der Waals surface area contributed by atoms with Gasteiger partial charge in [-0.05, 0) is 12.1 Å². The molecule has 0 atom stereocenters. The number of halogens is 1. The number of rotatable bonds is 1. The van der Waals surface area contributed by atoms with E-state index in [-0.39, 0.29) is 22.5 Å². The van der Waals surface area contributed by atoms with Gasteiger partial charge in [-0.2, -0.15) is 0 Å². The molecule has 3 aromatic rings. The number of imidazole rings is 1. The van der Waals surface area contributed by atoms with E-state index < -0.39 is 5.82 Å². The molecule has 6 heteroatoms. The molecule has 0 saturated heterocycles. The highest BCUT2D eigenvalue weighted by Crippen LogP contribution is 2.31. The first kappa shape index (κ1) is 10.5. The predicted octanol–water partition coefficient (Wildman–Crippen LogP) is 1.85. The monoisotopic (exact) mass is 244 g/mol. The second-order valence-corrected chi connectivity index (χ2v) is 3.83. The molecule has 0 aliphatic carbocycles. The van der Waals surface area contributed by atoms with Crippen LogP contribution in [-0.4, -0.2) is 19.6 Å². The summed E-state index contributed by atoms with van der Waals surface area (Å²) in [6, 6.07) is 3.98. The molecule has 0 aliphatic rings. The zero-order chi connectivity index (χ0) is 12.7. The summed E-state index contributed by atoms with van der Waals surface area (Å²) in [6.45, 7) is 0. The summed E-state index contributed by atoms with van der Waals surface area (Å²) in [5.41, 5.74) is 6.30. The first-order valence-electron chi connectivity index (χ1n) is 5.23. The first-order chi connectivity index (χ1) is 8.66. The number of phenolic OH excluding ortho intramolecular Hbond substituents is 1. The van der Waals surface area contributed by atoms with Crippen molar-refractivity contribution in [2.75, 3.05) is 5.73 Å². The standard InChI is InChI=1S/C12H9FN4O/c13-7-1-2-9(18)12-11(7)8(5-10(14)16-12)17-4-3-15-6-17/h1-6,18H,(H2,14,16). The Balaban J connectivity index is 2.48. The van der Waals surface area contributed by atoms with Crippen molar-refractivity contribution in [3.8, 4) is 11.4 Å². The fourth-order valence-corrected chi connectivity index (χ4v) is 1.89. The van der Waals surface area contributed by atoms with Crippen molar-refractivity contribution in [3.05, 3.63) is 42.7 Å². The van der Waals surface area contributed by atoms with Crippen molar-refractivity contribution in [2.45, 2.75) is 0 Å². The van der Waals surface area contributed by atoms with Crippen LogP contribution in [0.1, 0.15) is 0 Å². The van der Waals surface area contributed by atoms with Crippen molar-refractivity contribution < 1.29 is 9.50 Å². The van der Waals surface area contributed by atoms with Crippen LogP contribution < -0.4 is 5.73 Å². The molecule has 0 saturated carbocycles. The Morgan fingerprint density at radius 2 is 2.17 bits per heavy atom. The van der Waals surface area contributed by atoms with Gasteiger partial charge in [-0.25, -0.2) is 14.4 Å². The number of nitrogens with zero attached hydrogens (tertiary/aromatic N) is 3. The van der Waals surface area contributed by atoms with Gasteiger partial charge in [-0.3, -0.25) is 0 Å². The van der Waals surface area contributed by atoms with Gasteiger partial charge in [0.25, 0.3) is 0 Å². The molecule has 3 rings (SSSR count). The molecule has 0 amide bonds. The van der Waals surface area contributed by atoms with Crippen molar-refractivity contribution in [3.63, 3.8) is 0 Å². The molecule has 18 heavy (non-hydrogen) atoms. The van der Waals surface area contributed by atoms with Crippen LogP contribution in [0.2, 0.25) is 0 Å². The topological polar surface area (TPSA) is 77.0 Å². The number of benzene rings is 1. The van der Waals surface area contributed by atoms with Crippen LogP contribution in [0.25, 0.3) is 16.6 Å². The van der Waals surface area contributed by atoms with Gasteiger partial charge >= 0.3 is 0 Å². The molecular formula is C12H9FN4O. The summed E-state index contributed by atoms with van der Waals surface area (Å²) in [5, 5.41) is 9.94. The molecule has 1 aromatic carbocycles. The molecule has 3 N–H and O–H groups in total. The van der Waals surface area contributed by atoms with E-state index in [2.05, 4.69) is 9.97 Å². The number of hydrogen-bond donors (Lipinski definition) is 2. The molecule has 0 spiro atoms. The minimum absolute atomic E-state index is 0.111. The van der Waals surface area contributed by atoms with Crippen LogP contribution in [0.15, 0.2) is 36.9 Å². The highest BCUT2D eigenvalue weighted by atomic mass is 19.1. The van der Waals surface area contributed by atoms with E-state index in [0.717, 1.165) is 0 Å². The second kappa shape index (κ2) is 3.69. The van der Waals surface area contributed by atoms with Crippen molar-refractivity contribution >= 4 is 16.7 Å². The van der Waals surface area contributed by atoms with Gasteiger partial charge in [0, 0.05) is 18.5 Å². The third-order valence-electron chi connectivity index (χ3n) is 2.67. The average Bonchev–Trinajstić information content (AvgIpc) is 2.86. The number of hydrogen-bond acceptors (Lipinski definition) is 4. The zero-order valence-corrected chi connectivity index (χ0v) is 9.21. The number of fused-ring (bicyclic) bond motifs is 1. The van der Waals surface area contributed by atoms with Gasteiger partial charge in [0.05, 0.1) is 17.4 Å². The van der Waals surface area contributed by atoms with Crippen LogP contribution in [0.5, 0.6) is 5.75 Å². The maximum atomic E-state index is 13.9. The van der Waals surface area contributed by atoms with E-state index in [1.54, 1.807) is 17.0 Å². The Morgan fingerprint density at radius 1 is 1.33 bits per heavy atom. The largest absolute Gasteiger partial charge is 0.506 e. The highest BCUT2D eigenvalue weighted by Gasteiger charge is 2.13. The highest BCUT2D eigenvalue weighted by molar-refractivity contribution is 5.93. The first-order valence-corrected chi connectivity index (χ1v) is 5.23. The summed E-state index contributed by atoms with van der Waals surface area (Å²) >= 11 is 0. The molecule has 0 unspecified atom stereocenters. The number of nitrogen functional groups attached to an aromatic ring is 1. The van der Waals surface area contributed by atoms with Crippen molar-refractivity contribution in [2.24, 2.45) is 0 Å². The summed E-state index contributed by atoms with van der Waals surface area (Å²) in [6.07, 6.45) is 4.76. The van der Waals surface area contributed by atoms with Gasteiger partial charge in [0.1, 0.15) is 22.9 Å². The van der Waals surface area contributed by atoms with Crippen molar-refractivity contribution in [1.29, 1.82) is 0 Å². The van der Waals surface area contributed by atoms with E-state index >= 15 is 0 Å². The second-order valence-electron chi connectivity index (χ2n) is 3.83. The minimum atomic E-state index is -0.473. The lowest BCUT2D eigenvalue weighted by Crippen LogP contribution is -1.99. The normalized spacial score (nSPS) is 10.9. The third-order valence-corrected chi connectivity index (χ3v) is 2.67. The minimum Gasteiger partial charge on any atom is -0.506 e. The molecule has 2 aromatic heterocycles. The number of nitrogens with two attached hydrogens (primary N) is 1. The SMILES string of the molecule is Nc1cc(-n2ccnc2)c2c(F)ccc(O)c2n1. The summed E-state index contributed by atoms with van der Waals surface area (Å²) in [5.74, 6) is -0.383. The van der Waals surface area contributed by atoms with Crippen LogP contribution in [0, 0.1) is 5.82 Å². The summed E-state index contributed by atoms with van der Waals surface area (Å²) in [7, 11) is 0. The molecule has 0 bridgehead atoms. The van der Waals surface area contributed by atoms with Gasteiger partial charge in [-0.1, -0.05) is 0 Å². The molecule has 5 nitrogen and oxygen atoms in total. The smallest absolute Gasteiger partial charge is 0.142 e. The number of phenols is 1. The Hall–Kier alpha value is -2.63. The van der Waals surface area contributed by atoms with E-state index in [4.69, 9.17) is 5.73 Å². The van der Waals surface area contributed by atoms with Crippen molar-refractivity contribution in [1.82, 2.24) is 14.5 Å². The predicted molar refractivity (Wildman–Crippen MR) is 64.9 cm³/mol.